The van der Waals surface area contributed by atoms with Crippen molar-refractivity contribution in [2.24, 2.45) is 5.73 Å². The van der Waals surface area contributed by atoms with E-state index in [1.165, 1.54) is 0 Å². The van der Waals surface area contributed by atoms with Gasteiger partial charge in [0.15, 0.2) is 11.5 Å². The van der Waals surface area contributed by atoms with Crippen LogP contribution in [0.15, 0.2) is 12.1 Å². The molecule has 0 spiro atoms. The first-order valence-electron chi connectivity index (χ1n) is 4.80. The summed E-state index contributed by atoms with van der Waals surface area (Å²) >= 11 is 5.94. The fourth-order valence-electron chi connectivity index (χ4n) is 1.39. The molecule has 16 heavy (non-hydrogen) atoms. The molecule has 1 aliphatic rings. The fourth-order valence-corrected chi connectivity index (χ4v) is 1.65. The number of hydrogen-bond acceptors (Lipinski definition) is 4. The Balaban J connectivity index is 2.23. The van der Waals surface area contributed by atoms with Crippen molar-refractivity contribution in [2.45, 2.75) is 0 Å². The van der Waals surface area contributed by atoms with Gasteiger partial charge in [-0.2, -0.15) is 0 Å². The lowest BCUT2D eigenvalue weighted by molar-refractivity contribution is 0.0954. The van der Waals surface area contributed by atoms with Crippen molar-refractivity contribution in [1.82, 2.24) is 5.32 Å². The van der Waals surface area contributed by atoms with Gasteiger partial charge >= 0.3 is 0 Å². The number of hydrogen-bond donors (Lipinski definition) is 2. The van der Waals surface area contributed by atoms with E-state index in [9.17, 15) is 4.79 Å². The second kappa shape index (κ2) is 4.59. The predicted molar refractivity (Wildman–Crippen MR) is 59.0 cm³/mol. The van der Waals surface area contributed by atoms with E-state index in [-0.39, 0.29) is 12.7 Å². The number of ether oxygens (including phenoxy) is 2. The molecule has 0 atom stereocenters. The molecule has 0 saturated heterocycles. The Morgan fingerprint density at radius 3 is 3.06 bits per heavy atom. The Morgan fingerprint density at radius 2 is 2.31 bits per heavy atom. The molecule has 1 heterocycles. The zero-order valence-corrected chi connectivity index (χ0v) is 9.21. The van der Waals surface area contributed by atoms with Gasteiger partial charge in [0.1, 0.15) is 0 Å². The first-order valence-corrected chi connectivity index (χ1v) is 5.17. The molecule has 86 valence electrons. The van der Waals surface area contributed by atoms with Crippen LogP contribution in [0.25, 0.3) is 0 Å². The van der Waals surface area contributed by atoms with Crippen LogP contribution in [0.2, 0.25) is 5.02 Å². The van der Waals surface area contributed by atoms with Crippen molar-refractivity contribution in [1.29, 1.82) is 0 Å². The maximum atomic E-state index is 11.6. The van der Waals surface area contributed by atoms with Gasteiger partial charge in [-0.25, -0.2) is 0 Å². The normalized spacial score (nSPS) is 12.6. The minimum absolute atomic E-state index is 0.128. The maximum absolute atomic E-state index is 11.6. The van der Waals surface area contributed by atoms with Crippen molar-refractivity contribution in [3.63, 3.8) is 0 Å². The van der Waals surface area contributed by atoms with E-state index in [1.807, 2.05) is 0 Å². The van der Waals surface area contributed by atoms with Crippen LogP contribution in [0.1, 0.15) is 10.4 Å². The highest BCUT2D eigenvalue weighted by atomic mass is 35.5. The zero-order chi connectivity index (χ0) is 11.5. The number of rotatable bonds is 3. The molecule has 0 bridgehead atoms. The highest BCUT2D eigenvalue weighted by Gasteiger charge is 2.20. The minimum atomic E-state index is -0.231. The summed E-state index contributed by atoms with van der Waals surface area (Å²) in [7, 11) is 0. The molecule has 0 aliphatic carbocycles. The van der Waals surface area contributed by atoms with Crippen LogP contribution in [0.3, 0.4) is 0 Å². The van der Waals surface area contributed by atoms with Gasteiger partial charge in [-0.1, -0.05) is 11.6 Å². The van der Waals surface area contributed by atoms with Gasteiger partial charge in [-0.15, -0.1) is 0 Å². The van der Waals surface area contributed by atoms with E-state index >= 15 is 0 Å². The maximum Gasteiger partial charge on any atom is 0.251 e. The summed E-state index contributed by atoms with van der Waals surface area (Å²) in [5.74, 6) is 0.744. The van der Waals surface area contributed by atoms with E-state index < -0.39 is 0 Å². The van der Waals surface area contributed by atoms with Gasteiger partial charge in [0.2, 0.25) is 6.79 Å². The van der Waals surface area contributed by atoms with Crippen LogP contribution in [-0.4, -0.2) is 25.8 Å². The molecular weight excluding hydrogens is 232 g/mol. The average molecular weight is 243 g/mol. The highest BCUT2D eigenvalue weighted by Crippen LogP contribution is 2.39. The second-order valence-corrected chi connectivity index (χ2v) is 3.64. The molecule has 1 aromatic rings. The topological polar surface area (TPSA) is 73.6 Å². The molecule has 2 rings (SSSR count). The predicted octanol–water partition coefficient (Wildman–Crippen LogP) is 0.757. The number of halogens is 1. The van der Waals surface area contributed by atoms with Crippen molar-refractivity contribution in [2.75, 3.05) is 19.9 Å². The molecule has 0 radical (unpaired) electrons. The summed E-state index contributed by atoms with van der Waals surface area (Å²) in [5, 5.41) is 3.02. The number of nitrogens with one attached hydrogen (secondary N) is 1. The van der Waals surface area contributed by atoms with E-state index in [1.54, 1.807) is 12.1 Å². The summed E-state index contributed by atoms with van der Waals surface area (Å²) in [6.07, 6.45) is 0. The number of nitrogens with two attached hydrogens (primary N) is 1. The van der Waals surface area contributed by atoms with Crippen molar-refractivity contribution >= 4 is 17.5 Å². The standard InChI is InChI=1S/C10H11ClN2O3/c11-7-3-6(10(14)13-2-1-12)4-8-9(7)16-5-15-8/h3-4H,1-2,5,12H2,(H,13,14). The Labute approximate surface area is 97.5 Å². The smallest absolute Gasteiger partial charge is 0.251 e. The third-order valence-corrected chi connectivity index (χ3v) is 2.40. The second-order valence-electron chi connectivity index (χ2n) is 3.24. The first-order chi connectivity index (χ1) is 7.72. The number of benzene rings is 1. The molecule has 0 saturated carbocycles. The number of fused-ring (bicyclic) bond motifs is 1. The van der Waals surface area contributed by atoms with Gasteiger partial charge in [-0.3, -0.25) is 4.79 Å². The molecular formula is C10H11ClN2O3. The van der Waals surface area contributed by atoms with Crippen LogP contribution in [0.4, 0.5) is 0 Å². The van der Waals surface area contributed by atoms with Crippen LogP contribution in [-0.2, 0) is 0 Å². The van der Waals surface area contributed by atoms with Gasteiger partial charge in [0, 0.05) is 18.7 Å². The number of carbonyl (C=O) groups is 1. The molecule has 1 aliphatic heterocycles. The zero-order valence-electron chi connectivity index (χ0n) is 8.46. The lowest BCUT2D eigenvalue weighted by Crippen LogP contribution is -2.28. The Kier molecular flexibility index (Phi) is 3.17. The molecule has 1 amide bonds. The third-order valence-electron chi connectivity index (χ3n) is 2.12. The summed E-state index contributed by atoms with van der Waals surface area (Å²) in [6.45, 7) is 0.942. The van der Waals surface area contributed by atoms with Crippen LogP contribution in [0, 0.1) is 0 Å². The summed E-state index contributed by atoms with van der Waals surface area (Å²) in [5.41, 5.74) is 5.72. The number of amides is 1. The van der Waals surface area contributed by atoms with E-state index in [4.69, 9.17) is 26.8 Å². The first kappa shape index (κ1) is 11.0. The molecule has 0 fully saturated rings. The SMILES string of the molecule is NCCNC(=O)c1cc(Cl)c2c(c1)OCO2. The highest BCUT2D eigenvalue weighted by molar-refractivity contribution is 6.32. The van der Waals surface area contributed by atoms with E-state index in [2.05, 4.69) is 5.32 Å². The minimum Gasteiger partial charge on any atom is -0.454 e. The quantitative estimate of drug-likeness (QED) is 0.821. The third kappa shape index (κ3) is 2.05. The Bertz CT molecular complexity index is 423. The lowest BCUT2D eigenvalue weighted by atomic mass is 10.2. The Morgan fingerprint density at radius 1 is 1.50 bits per heavy atom. The fraction of sp³-hybridized carbons (Fsp3) is 0.300. The molecule has 3 N–H and O–H groups in total. The van der Waals surface area contributed by atoms with Gasteiger partial charge in [0.05, 0.1) is 5.02 Å². The Hall–Kier alpha value is -1.46. The molecule has 0 unspecified atom stereocenters. The van der Waals surface area contributed by atoms with E-state index in [0.717, 1.165) is 0 Å². The number of carbonyl (C=O) groups excluding carboxylic acids is 1. The molecule has 0 aromatic heterocycles. The van der Waals surface area contributed by atoms with Crippen molar-refractivity contribution < 1.29 is 14.3 Å². The van der Waals surface area contributed by atoms with Crippen LogP contribution in [0.5, 0.6) is 11.5 Å². The summed E-state index contributed by atoms with van der Waals surface area (Å²) in [4.78, 5) is 11.6. The lowest BCUT2D eigenvalue weighted by Gasteiger charge is -2.05. The largest absolute Gasteiger partial charge is 0.454 e. The summed E-state index contributed by atoms with van der Waals surface area (Å²) < 4.78 is 10.3. The molecule has 6 heteroatoms. The van der Waals surface area contributed by atoms with Crippen molar-refractivity contribution in [3.8, 4) is 11.5 Å². The van der Waals surface area contributed by atoms with Crippen molar-refractivity contribution in [3.05, 3.63) is 22.7 Å². The summed E-state index contributed by atoms with van der Waals surface area (Å²) in [6, 6.07) is 3.14. The molecule has 5 nitrogen and oxygen atoms in total. The van der Waals surface area contributed by atoms with E-state index in [0.29, 0.717) is 35.2 Å². The molecule has 1 aromatic carbocycles. The monoisotopic (exact) mass is 242 g/mol. The van der Waals surface area contributed by atoms with Gasteiger partial charge in [-0.05, 0) is 12.1 Å². The van der Waals surface area contributed by atoms with Gasteiger partial charge < -0.3 is 20.5 Å². The van der Waals surface area contributed by atoms with Crippen LogP contribution >= 0.6 is 11.6 Å². The van der Waals surface area contributed by atoms with Gasteiger partial charge in [0.25, 0.3) is 5.91 Å². The average Bonchev–Trinajstić information content (AvgIpc) is 2.74. The van der Waals surface area contributed by atoms with Crippen LogP contribution < -0.4 is 20.5 Å².